The van der Waals surface area contributed by atoms with Crippen molar-refractivity contribution in [3.63, 3.8) is 0 Å². The van der Waals surface area contributed by atoms with Gasteiger partial charge in [-0.25, -0.2) is 4.98 Å². The molecule has 1 aromatic heterocycles. The fourth-order valence-corrected chi connectivity index (χ4v) is 3.28. The molecular formula is C16H28N2OS. The van der Waals surface area contributed by atoms with Crippen molar-refractivity contribution in [3.05, 3.63) is 16.1 Å². The Bertz CT molecular complexity index is 432. The van der Waals surface area contributed by atoms with E-state index in [4.69, 9.17) is 5.73 Å². The van der Waals surface area contributed by atoms with E-state index in [0.29, 0.717) is 31.2 Å². The highest BCUT2D eigenvalue weighted by atomic mass is 32.1. The summed E-state index contributed by atoms with van der Waals surface area (Å²) in [6, 6.07) is 0. The third kappa shape index (κ3) is 5.71. The van der Waals surface area contributed by atoms with E-state index >= 15 is 0 Å². The SMILES string of the molecule is CC(C)CC(CN)CC(=O)Cc1nc(C(C)(C)C)cs1. The molecule has 1 atom stereocenters. The molecule has 0 saturated heterocycles. The van der Waals surface area contributed by atoms with E-state index in [0.717, 1.165) is 17.1 Å². The number of hydrogen-bond acceptors (Lipinski definition) is 4. The minimum Gasteiger partial charge on any atom is -0.330 e. The van der Waals surface area contributed by atoms with E-state index in [9.17, 15) is 4.79 Å². The molecule has 0 radical (unpaired) electrons. The Morgan fingerprint density at radius 1 is 1.40 bits per heavy atom. The molecule has 0 aromatic carbocycles. The number of Topliss-reactive ketones (excluding diaryl/α,β-unsaturated/α-hetero) is 1. The standard InChI is InChI=1S/C16H28N2OS/c1-11(2)6-12(9-17)7-13(19)8-15-18-14(10-20-15)16(3,4)5/h10-12H,6-9,17H2,1-5H3. The minimum absolute atomic E-state index is 0.0508. The minimum atomic E-state index is 0.0508. The van der Waals surface area contributed by atoms with Crippen molar-refractivity contribution >= 4 is 17.1 Å². The van der Waals surface area contributed by atoms with Crippen LogP contribution in [0.5, 0.6) is 0 Å². The predicted molar refractivity (Wildman–Crippen MR) is 86.1 cm³/mol. The van der Waals surface area contributed by atoms with E-state index in [2.05, 4.69) is 45.0 Å². The van der Waals surface area contributed by atoms with Crippen molar-refractivity contribution in [2.75, 3.05) is 6.54 Å². The van der Waals surface area contributed by atoms with Crippen LogP contribution < -0.4 is 5.73 Å². The molecule has 0 fully saturated rings. The summed E-state index contributed by atoms with van der Waals surface area (Å²) in [5.74, 6) is 1.16. The van der Waals surface area contributed by atoms with Crippen molar-refractivity contribution in [1.82, 2.24) is 4.98 Å². The number of carbonyl (C=O) groups is 1. The fraction of sp³-hybridized carbons (Fsp3) is 0.750. The molecule has 0 aliphatic rings. The Morgan fingerprint density at radius 2 is 2.05 bits per heavy atom. The van der Waals surface area contributed by atoms with Crippen LogP contribution in [0.1, 0.15) is 58.2 Å². The predicted octanol–water partition coefficient (Wildman–Crippen LogP) is 3.56. The molecule has 0 amide bonds. The van der Waals surface area contributed by atoms with E-state index in [1.165, 1.54) is 0 Å². The fourth-order valence-electron chi connectivity index (χ4n) is 2.23. The molecule has 1 heterocycles. The van der Waals surface area contributed by atoms with Crippen molar-refractivity contribution in [2.45, 2.75) is 59.3 Å². The van der Waals surface area contributed by atoms with Gasteiger partial charge in [0.1, 0.15) is 10.8 Å². The Kier molecular flexibility index (Phi) is 6.34. The summed E-state index contributed by atoms with van der Waals surface area (Å²) in [4.78, 5) is 16.7. The van der Waals surface area contributed by atoms with Gasteiger partial charge in [0.2, 0.25) is 0 Å². The molecule has 3 nitrogen and oxygen atoms in total. The molecule has 0 spiro atoms. The van der Waals surface area contributed by atoms with Crippen LogP contribution >= 0.6 is 11.3 Å². The van der Waals surface area contributed by atoms with E-state index in [-0.39, 0.29) is 11.2 Å². The van der Waals surface area contributed by atoms with Crippen LogP contribution in [0.25, 0.3) is 0 Å². The molecular weight excluding hydrogens is 268 g/mol. The van der Waals surface area contributed by atoms with Gasteiger partial charge in [-0.3, -0.25) is 4.79 Å². The number of hydrogen-bond donors (Lipinski definition) is 1. The number of aromatic nitrogens is 1. The van der Waals surface area contributed by atoms with Crippen LogP contribution in [0.4, 0.5) is 0 Å². The summed E-state index contributed by atoms with van der Waals surface area (Å²) in [7, 11) is 0. The van der Waals surface area contributed by atoms with Gasteiger partial charge in [-0.15, -0.1) is 11.3 Å². The van der Waals surface area contributed by atoms with Gasteiger partial charge >= 0.3 is 0 Å². The maximum absolute atomic E-state index is 12.1. The summed E-state index contributed by atoms with van der Waals surface area (Å²) < 4.78 is 0. The lowest BCUT2D eigenvalue weighted by Crippen LogP contribution is -2.21. The number of nitrogens with two attached hydrogens (primary N) is 1. The normalized spacial score (nSPS) is 13.8. The maximum Gasteiger partial charge on any atom is 0.140 e. The van der Waals surface area contributed by atoms with Gasteiger partial charge in [-0.05, 0) is 24.8 Å². The van der Waals surface area contributed by atoms with Gasteiger partial charge in [0.25, 0.3) is 0 Å². The molecule has 0 saturated carbocycles. The number of carbonyl (C=O) groups excluding carboxylic acids is 1. The van der Waals surface area contributed by atoms with Crippen LogP contribution in [0.3, 0.4) is 0 Å². The summed E-state index contributed by atoms with van der Waals surface area (Å²) in [6.07, 6.45) is 2.06. The molecule has 4 heteroatoms. The van der Waals surface area contributed by atoms with Gasteiger partial charge in [-0.1, -0.05) is 34.6 Å². The maximum atomic E-state index is 12.1. The highest BCUT2D eigenvalue weighted by Crippen LogP contribution is 2.24. The Labute approximate surface area is 127 Å². The number of nitrogens with zero attached hydrogens (tertiary/aromatic N) is 1. The zero-order chi connectivity index (χ0) is 15.3. The average molecular weight is 296 g/mol. The van der Waals surface area contributed by atoms with Gasteiger partial charge in [-0.2, -0.15) is 0 Å². The quantitative estimate of drug-likeness (QED) is 0.837. The Balaban J connectivity index is 2.55. The Hall–Kier alpha value is -0.740. The van der Waals surface area contributed by atoms with Gasteiger partial charge in [0.05, 0.1) is 12.1 Å². The van der Waals surface area contributed by atoms with Crippen molar-refractivity contribution in [2.24, 2.45) is 17.6 Å². The average Bonchev–Trinajstić information content (AvgIpc) is 2.75. The van der Waals surface area contributed by atoms with Crippen molar-refractivity contribution < 1.29 is 4.79 Å². The molecule has 0 bridgehead atoms. The van der Waals surface area contributed by atoms with Gasteiger partial charge in [0.15, 0.2) is 0 Å². The van der Waals surface area contributed by atoms with E-state index in [1.54, 1.807) is 11.3 Å². The largest absolute Gasteiger partial charge is 0.330 e. The first-order valence-corrected chi connectivity index (χ1v) is 8.27. The monoisotopic (exact) mass is 296 g/mol. The highest BCUT2D eigenvalue weighted by Gasteiger charge is 2.19. The Morgan fingerprint density at radius 3 is 2.50 bits per heavy atom. The second-order valence-corrected chi connectivity index (χ2v) is 7.97. The van der Waals surface area contributed by atoms with Gasteiger partial charge in [0, 0.05) is 17.2 Å². The number of thiazole rings is 1. The molecule has 1 unspecified atom stereocenters. The van der Waals surface area contributed by atoms with Crippen LogP contribution in [0.15, 0.2) is 5.38 Å². The van der Waals surface area contributed by atoms with Crippen LogP contribution in [0.2, 0.25) is 0 Å². The molecule has 114 valence electrons. The zero-order valence-corrected chi connectivity index (χ0v) is 14.2. The lowest BCUT2D eigenvalue weighted by molar-refractivity contribution is -0.119. The smallest absolute Gasteiger partial charge is 0.140 e. The first kappa shape index (κ1) is 17.3. The number of rotatable bonds is 7. The third-order valence-electron chi connectivity index (χ3n) is 3.32. The van der Waals surface area contributed by atoms with Crippen LogP contribution in [-0.4, -0.2) is 17.3 Å². The second-order valence-electron chi connectivity index (χ2n) is 7.03. The molecule has 2 N–H and O–H groups in total. The van der Waals surface area contributed by atoms with E-state index in [1.807, 2.05) is 0 Å². The lowest BCUT2D eigenvalue weighted by Gasteiger charge is -2.16. The molecule has 1 rings (SSSR count). The topological polar surface area (TPSA) is 56.0 Å². The first-order chi connectivity index (χ1) is 9.22. The molecule has 1 aromatic rings. The van der Waals surface area contributed by atoms with Crippen molar-refractivity contribution in [3.8, 4) is 0 Å². The lowest BCUT2D eigenvalue weighted by atomic mass is 9.92. The third-order valence-corrected chi connectivity index (χ3v) is 4.17. The van der Waals surface area contributed by atoms with Gasteiger partial charge < -0.3 is 5.73 Å². The van der Waals surface area contributed by atoms with Crippen LogP contribution in [-0.2, 0) is 16.6 Å². The molecule has 20 heavy (non-hydrogen) atoms. The summed E-state index contributed by atoms with van der Waals surface area (Å²) in [5.41, 5.74) is 6.88. The molecule has 0 aliphatic carbocycles. The zero-order valence-electron chi connectivity index (χ0n) is 13.4. The summed E-state index contributed by atoms with van der Waals surface area (Å²) >= 11 is 1.59. The first-order valence-electron chi connectivity index (χ1n) is 7.39. The number of ketones is 1. The van der Waals surface area contributed by atoms with E-state index < -0.39 is 0 Å². The highest BCUT2D eigenvalue weighted by molar-refractivity contribution is 7.09. The molecule has 0 aliphatic heterocycles. The second kappa shape index (κ2) is 7.32. The van der Waals surface area contributed by atoms with Crippen LogP contribution in [0, 0.1) is 11.8 Å². The summed E-state index contributed by atoms with van der Waals surface area (Å²) in [5, 5.41) is 3.00. The summed E-state index contributed by atoms with van der Waals surface area (Å²) in [6.45, 7) is 11.4. The van der Waals surface area contributed by atoms with Crippen molar-refractivity contribution in [1.29, 1.82) is 0 Å².